The molecule has 0 unspecified atom stereocenters. The molecular weight excluding hydrogens is 274 g/mol. The summed E-state index contributed by atoms with van der Waals surface area (Å²) in [5, 5.41) is 0. The van der Waals surface area contributed by atoms with Crippen LogP contribution in [-0.2, 0) is 16.9 Å². The Labute approximate surface area is 130 Å². The summed E-state index contributed by atoms with van der Waals surface area (Å²) < 4.78 is 5.89. The lowest BCUT2D eigenvalue weighted by atomic mass is 9.72. The first-order valence-corrected chi connectivity index (χ1v) is 7.60. The van der Waals surface area contributed by atoms with Gasteiger partial charge in [-0.25, -0.2) is 4.79 Å². The Morgan fingerprint density at radius 2 is 1.95 bits per heavy atom. The third-order valence-corrected chi connectivity index (χ3v) is 4.39. The van der Waals surface area contributed by atoms with Crippen molar-refractivity contribution in [3.63, 3.8) is 0 Å². The highest BCUT2D eigenvalue weighted by Crippen LogP contribution is 2.45. The molecule has 0 aliphatic heterocycles. The van der Waals surface area contributed by atoms with Gasteiger partial charge in [-0.05, 0) is 55.0 Å². The van der Waals surface area contributed by atoms with Crippen molar-refractivity contribution in [3.05, 3.63) is 65.2 Å². The lowest BCUT2D eigenvalue weighted by Crippen LogP contribution is -2.31. The lowest BCUT2D eigenvalue weighted by molar-refractivity contribution is 0.255. The Morgan fingerprint density at radius 1 is 1.18 bits per heavy atom. The molecule has 0 bridgehead atoms. The SMILES string of the molecule is Cc1cc(C2(N=C=O)CCC2)ccc1OCc1ccccc1. The molecule has 1 saturated carbocycles. The minimum absolute atomic E-state index is 0.343. The van der Waals surface area contributed by atoms with Gasteiger partial charge in [0.1, 0.15) is 12.4 Å². The van der Waals surface area contributed by atoms with Crippen LogP contribution in [0.5, 0.6) is 5.75 Å². The maximum atomic E-state index is 10.7. The fourth-order valence-corrected chi connectivity index (χ4v) is 2.90. The average Bonchev–Trinajstić information content (AvgIpc) is 2.51. The summed E-state index contributed by atoms with van der Waals surface area (Å²) in [7, 11) is 0. The van der Waals surface area contributed by atoms with Gasteiger partial charge in [0.15, 0.2) is 0 Å². The fourth-order valence-electron chi connectivity index (χ4n) is 2.90. The van der Waals surface area contributed by atoms with E-state index in [-0.39, 0.29) is 5.54 Å². The molecule has 2 aromatic rings. The number of hydrogen-bond donors (Lipinski definition) is 0. The van der Waals surface area contributed by atoms with Crippen molar-refractivity contribution in [2.24, 2.45) is 4.99 Å². The number of ether oxygens (including phenoxy) is 1. The number of hydrogen-bond acceptors (Lipinski definition) is 3. The van der Waals surface area contributed by atoms with Crippen molar-refractivity contribution in [1.29, 1.82) is 0 Å². The lowest BCUT2D eigenvalue weighted by Gasteiger charge is -2.37. The van der Waals surface area contributed by atoms with Crippen LogP contribution in [0.4, 0.5) is 0 Å². The number of rotatable bonds is 5. The molecule has 3 nitrogen and oxygen atoms in total. The fraction of sp³-hybridized carbons (Fsp3) is 0.316. The second-order valence-corrected chi connectivity index (χ2v) is 5.84. The van der Waals surface area contributed by atoms with Gasteiger partial charge >= 0.3 is 0 Å². The molecule has 3 heteroatoms. The van der Waals surface area contributed by atoms with Gasteiger partial charge in [0, 0.05) is 0 Å². The summed E-state index contributed by atoms with van der Waals surface area (Å²) in [4.78, 5) is 14.7. The largest absolute Gasteiger partial charge is 0.489 e. The molecule has 22 heavy (non-hydrogen) atoms. The summed E-state index contributed by atoms with van der Waals surface area (Å²) >= 11 is 0. The Balaban J connectivity index is 1.76. The van der Waals surface area contributed by atoms with Crippen molar-refractivity contribution in [2.75, 3.05) is 0 Å². The van der Waals surface area contributed by atoms with Crippen LogP contribution in [0.2, 0.25) is 0 Å². The Kier molecular flexibility index (Phi) is 4.08. The second kappa shape index (κ2) is 6.17. The molecule has 2 aromatic carbocycles. The smallest absolute Gasteiger partial charge is 0.235 e. The highest BCUT2D eigenvalue weighted by atomic mass is 16.5. The van der Waals surface area contributed by atoms with E-state index in [0.717, 1.165) is 41.7 Å². The Hall–Kier alpha value is -2.38. The van der Waals surface area contributed by atoms with E-state index in [4.69, 9.17) is 4.74 Å². The molecule has 112 valence electrons. The van der Waals surface area contributed by atoms with Crippen molar-refractivity contribution in [2.45, 2.75) is 38.3 Å². The molecule has 0 amide bonds. The van der Waals surface area contributed by atoms with Crippen LogP contribution in [0, 0.1) is 6.92 Å². The normalized spacial score (nSPS) is 15.5. The van der Waals surface area contributed by atoms with Crippen molar-refractivity contribution in [1.82, 2.24) is 0 Å². The van der Waals surface area contributed by atoms with Crippen molar-refractivity contribution >= 4 is 6.08 Å². The molecule has 1 aliphatic carbocycles. The summed E-state index contributed by atoms with van der Waals surface area (Å²) in [5.74, 6) is 0.872. The summed E-state index contributed by atoms with van der Waals surface area (Å²) in [6.07, 6.45) is 4.69. The minimum Gasteiger partial charge on any atom is -0.489 e. The molecule has 0 heterocycles. The number of aryl methyl sites for hydroxylation is 1. The second-order valence-electron chi connectivity index (χ2n) is 5.84. The van der Waals surface area contributed by atoms with E-state index in [1.54, 1.807) is 6.08 Å². The molecule has 1 fully saturated rings. The van der Waals surface area contributed by atoms with Crippen LogP contribution in [0.15, 0.2) is 53.5 Å². The highest BCUT2D eigenvalue weighted by Gasteiger charge is 2.39. The first-order chi connectivity index (χ1) is 10.7. The van der Waals surface area contributed by atoms with Gasteiger partial charge in [0.2, 0.25) is 6.08 Å². The van der Waals surface area contributed by atoms with Crippen LogP contribution in [0.1, 0.15) is 36.0 Å². The van der Waals surface area contributed by atoms with E-state index < -0.39 is 0 Å². The van der Waals surface area contributed by atoms with E-state index in [2.05, 4.69) is 11.1 Å². The van der Waals surface area contributed by atoms with Gasteiger partial charge in [-0.15, -0.1) is 0 Å². The third kappa shape index (κ3) is 2.81. The van der Waals surface area contributed by atoms with E-state index in [1.807, 2.05) is 49.4 Å². The maximum absolute atomic E-state index is 10.7. The van der Waals surface area contributed by atoms with Crippen molar-refractivity contribution < 1.29 is 9.53 Å². The Morgan fingerprint density at radius 3 is 2.55 bits per heavy atom. The zero-order valence-corrected chi connectivity index (χ0v) is 12.7. The van der Waals surface area contributed by atoms with E-state index >= 15 is 0 Å². The zero-order valence-electron chi connectivity index (χ0n) is 12.7. The summed E-state index contributed by atoms with van der Waals surface area (Å²) in [6.45, 7) is 2.58. The number of isocyanates is 1. The standard InChI is InChI=1S/C19H19NO2/c1-15-12-17(19(20-14-21)10-5-11-19)8-9-18(15)22-13-16-6-3-2-4-7-16/h2-4,6-9,12H,5,10-11,13H2,1H3. The molecule has 0 aromatic heterocycles. The quantitative estimate of drug-likeness (QED) is 0.609. The first-order valence-electron chi connectivity index (χ1n) is 7.60. The van der Waals surface area contributed by atoms with Crippen LogP contribution in [0.3, 0.4) is 0 Å². The molecular formula is C19H19NO2. The number of carbonyl (C=O) groups excluding carboxylic acids is 1. The molecule has 3 rings (SSSR count). The predicted molar refractivity (Wildman–Crippen MR) is 85.6 cm³/mol. The predicted octanol–water partition coefficient (Wildman–Crippen LogP) is 4.29. The summed E-state index contributed by atoms with van der Waals surface area (Å²) in [5.41, 5.74) is 2.96. The molecule has 0 spiro atoms. The third-order valence-electron chi connectivity index (χ3n) is 4.39. The maximum Gasteiger partial charge on any atom is 0.235 e. The first kappa shape index (κ1) is 14.6. The number of aliphatic imine (C=N–C) groups is 1. The monoisotopic (exact) mass is 293 g/mol. The zero-order chi connectivity index (χ0) is 15.4. The van der Waals surface area contributed by atoms with Gasteiger partial charge in [-0.2, -0.15) is 4.99 Å². The highest BCUT2D eigenvalue weighted by molar-refractivity contribution is 5.44. The van der Waals surface area contributed by atoms with Crippen LogP contribution in [-0.4, -0.2) is 6.08 Å². The number of benzene rings is 2. The van der Waals surface area contributed by atoms with Gasteiger partial charge < -0.3 is 4.74 Å². The average molecular weight is 293 g/mol. The molecule has 0 saturated heterocycles. The van der Waals surface area contributed by atoms with Crippen LogP contribution < -0.4 is 4.74 Å². The van der Waals surface area contributed by atoms with Crippen molar-refractivity contribution in [3.8, 4) is 5.75 Å². The molecule has 1 aliphatic rings. The summed E-state index contributed by atoms with van der Waals surface area (Å²) in [6, 6.07) is 16.2. The molecule has 0 atom stereocenters. The Bertz CT molecular complexity index is 699. The van der Waals surface area contributed by atoms with E-state index in [9.17, 15) is 4.79 Å². The van der Waals surface area contributed by atoms with E-state index in [1.165, 1.54) is 0 Å². The molecule has 0 N–H and O–H groups in total. The topological polar surface area (TPSA) is 38.7 Å². The van der Waals surface area contributed by atoms with E-state index in [0.29, 0.717) is 6.61 Å². The minimum atomic E-state index is -0.343. The van der Waals surface area contributed by atoms with Gasteiger partial charge in [-0.3, -0.25) is 0 Å². The van der Waals surface area contributed by atoms with Crippen LogP contribution >= 0.6 is 0 Å². The van der Waals surface area contributed by atoms with Gasteiger partial charge in [-0.1, -0.05) is 36.4 Å². The van der Waals surface area contributed by atoms with Crippen LogP contribution in [0.25, 0.3) is 0 Å². The molecule has 0 radical (unpaired) electrons. The van der Waals surface area contributed by atoms with Gasteiger partial charge in [0.25, 0.3) is 0 Å². The number of nitrogens with zero attached hydrogens (tertiary/aromatic N) is 1. The van der Waals surface area contributed by atoms with Gasteiger partial charge in [0.05, 0.1) is 5.54 Å².